The maximum absolute atomic E-state index is 13.8. The van der Waals surface area contributed by atoms with E-state index in [1.807, 2.05) is 0 Å². The number of thioether (sulfide) groups is 1. The van der Waals surface area contributed by atoms with E-state index in [9.17, 15) is 13.6 Å². The minimum Gasteiger partial charge on any atom is -0.444 e. The van der Waals surface area contributed by atoms with Crippen molar-refractivity contribution in [3.05, 3.63) is 17.7 Å². The topological polar surface area (TPSA) is 104 Å². The monoisotopic (exact) mass is 443 g/mol. The van der Waals surface area contributed by atoms with Gasteiger partial charge >= 0.3 is 12.4 Å². The lowest BCUT2D eigenvalue weighted by molar-refractivity contribution is -0.287. The summed E-state index contributed by atoms with van der Waals surface area (Å²) in [6.07, 6.45) is -3.78. The molecule has 1 aromatic carbocycles. The predicted molar refractivity (Wildman–Crippen MR) is 107 cm³/mol. The van der Waals surface area contributed by atoms with Gasteiger partial charge in [0.25, 0.3) is 0 Å². The quantitative estimate of drug-likeness (QED) is 0.641. The maximum Gasteiger partial charge on any atom is 0.586 e. The second kappa shape index (κ2) is 7.16. The summed E-state index contributed by atoms with van der Waals surface area (Å²) in [7, 11) is 0. The molecular formula is C19H23F2N3O5S. The van der Waals surface area contributed by atoms with Crippen LogP contribution in [-0.2, 0) is 15.0 Å². The number of nitrogens with zero attached hydrogens (tertiary/aromatic N) is 1. The molecule has 0 saturated carbocycles. The Morgan fingerprint density at radius 3 is 2.87 bits per heavy atom. The van der Waals surface area contributed by atoms with Crippen molar-refractivity contribution in [1.82, 2.24) is 5.32 Å². The fraction of sp³-hybridized carbons (Fsp3) is 0.579. The van der Waals surface area contributed by atoms with Crippen molar-refractivity contribution in [2.45, 2.75) is 44.6 Å². The third-order valence-corrected chi connectivity index (χ3v) is 5.97. The van der Waals surface area contributed by atoms with Crippen LogP contribution in [0.25, 0.3) is 0 Å². The number of carbonyl (C=O) groups is 1. The molecule has 4 rings (SSSR count). The second-order valence-corrected chi connectivity index (χ2v) is 9.39. The molecule has 1 unspecified atom stereocenters. The Morgan fingerprint density at radius 2 is 2.13 bits per heavy atom. The van der Waals surface area contributed by atoms with E-state index in [0.29, 0.717) is 29.5 Å². The van der Waals surface area contributed by atoms with Gasteiger partial charge in [-0.1, -0.05) is 11.8 Å². The summed E-state index contributed by atoms with van der Waals surface area (Å²) in [4.78, 5) is 17.0. The molecule has 0 spiro atoms. The number of nitrogens with two attached hydrogens (primary N) is 1. The summed E-state index contributed by atoms with van der Waals surface area (Å²) in [5.41, 5.74) is 4.82. The van der Waals surface area contributed by atoms with E-state index in [4.69, 9.17) is 24.9 Å². The largest absolute Gasteiger partial charge is 0.586 e. The van der Waals surface area contributed by atoms with E-state index in [0.717, 1.165) is 0 Å². The first-order valence-electron chi connectivity index (χ1n) is 9.48. The lowest BCUT2D eigenvalue weighted by Crippen LogP contribution is -2.49. The van der Waals surface area contributed by atoms with E-state index in [-0.39, 0.29) is 29.7 Å². The number of nitrogens with one attached hydrogen (secondary N) is 1. The summed E-state index contributed by atoms with van der Waals surface area (Å²) in [5.74, 6) is 0.295. The molecule has 0 bridgehead atoms. The van der Waals surface area contributed by atoms with Crippen LogP contribution in [0.2, 0.25) is 0 Å². The minimum absolute atomic E-state index is 0.0378. The van der Waals surface area contributed by atoms with E-state index in [1.54, 1.807) is 26.8 Å². The fourth-order valence-corrected chi connectivity index (χ4v) is 4.94. The van der Waals surface area contributed by atoms with Gasteiger partial charge in [0.05, 0.1) is 6.61 Å². The molecule has 3 N–H and O–H groups in total. The number of alkyl halides is 2. The van der Waals surface area contributed by atoms with Gasteiger partial charge in [-0.15, -0.1) is 8.78 Å². The molecule has 11 heteroatoms. The number of fused-ring (bicyclic) bond motifs is 2. The summed E-state index contributed by atoms with van der Waals surface area (Å²) in [5, 5.41) is 2.96. The number of amides is 1. The van der Waals surface area contributed by atoms with Crippen LogP contribution in [0.4, 0.5) is 19.3 Å². The van der Waals surface area contributed by atoms with Crippen molar-refractivity contribution in [3.63, 3.8) is 0 Å². The first-order chi connectivity index (χ1) is 14.0. The third-order valence-electron chi connectivity index (χ3n) is 4.93. The first-order valence-corrected chi connectivity index (χ1v) is 10.5. The number of ether oxygens (including phenoxy) is 4. The van der Waals surface area contributed by atoms with Gasteiger partial charge < -0.3 is 24.7 Å². The summed E-state index contributed by atoms with van der Waals surface area (Å²) >= 11 is 1.36. The smallest absolute Gasteiger partial charge is 0.444 e. The standard InChI is InChI=1S/C19H23F2N3O5S/c1-17(2,3)29-16(25)23-15-24-18(9-26-5-4-10(18)8-30-15)12-6-11(22)7-13-14(12)28-19(20,21)27-13/h6-7,10H,4-5,8-9,22H2,1-3H3,(H,23,24,25)/t10-,18?/m0/s1. The molecule has 1 fully saturated rings. The summed E-state index contributed by atoms with van der Waals surface area (Å²) < 4.78 is 48.0. The molecule has 2 atom stereocenters. The third kappa shape index (κ3) is 4.00. The molecule has 8 nitrogen and oxygen atoms in total. The zero-order valence-electron chi connectivity index (χ0n) is 16.8. The number of halogens is 2. The number of alkyl carbamates (subject to hydrolysis) is 1. The minimum atomic E-state index is -3.79. The van der Waals surface area contributed by atoms with Crippen molar-refractivity contribution in [2.75, 3.05) is 24.7 Å². The average molecular weight is 443 g/mol. The Hall–Kier alpha value is -2.27. The normalized spacial score (nSPS) is 27.1. The van der Waals surface area contributed by atoms with Gasteiger partial charge in [-0.3, -0.25) is 5.32 Å². The number of rotatable bonds is 1. The molecular weight excluding hydrogens is 420 g/mol. The second-order valence-electron chi connectivity index (χ2n) is 8.38. The van der Waals surface area contributed by atoms with Gasteiger partial charge in [-0.25, -0.2) is 9.79 Å². The molecule has 1 amide bonds. The van der Waals surface area contributed by atoms with Crippen LogP contribution in [0.3, 0.4) is 0 Å². The van der Waals surface area contributed by atoms with E-state index in [1.165, 1.54) is 17.8 Å². The van der Waals surface area contributed by atoms with Crippen LogP contribution in [-0.4, -0.2) is 42.1 Å². The highest BCUT2D eigenvalue weighted by Gasteiger charge is 2.52. The van der Waals surface area contributed by atoms with Crippen LogP contribution in [0.15, 0.2) is 17.1 Å². The van der Waals surface area contributed by atoms with Crippen molar-refractivity contribution in [2.24, 2.45) is 10.9 Å². The summed E-state index contributed by atoms with van der Waals surface area (Å²) in [6.45, 7) is 5.91. The van der Waals surface area contributed by atoms with Crippen LogP contribution in [0, 0.1) is 5.92 Å². The molecule has 1 aromatic rings. The molecule has 1 saturated heterocycles. The van der Waals surface area contributed by atoms with Gasteiger partial charge in [0.15, 0.2) is 16.7 Å². The number of benzene rings is 1. The number of anilines is 1. The average Bonchev–Trinajstić information content (AvgIpc) is 2.92. The molecule has 0 radical (unpaired) electrons. The number of carbonyl (C=O) groups excluding carboxylic acids is 1. The SMILES string of the molecule is CC(C)(C)OC(=O)NC1=NC2(c3cc(N)cc4c3OC(F)(F)O4)COCC[C@H]2CS1. The van der Waals surface area contributed by atoms with Crippen molar-refractivity contribution >= 4 is 28.7 Å². The number of nitrogen functional groups attached to an aromatic ring is 1. The van der Waals surface area contributed by atoms with Crippen LogP contribution in [0.1, 0.15) is 32.8 Å². The van der Waals surface area contributed by atoms with E-state index in [2.05, 4.69) is 10.1 Å². The maximum atomic E-state index is 13.8. The Bertz CT molecular complexity index is 905. The van der Waals surface area contributed by atoms with Gasteiger partial charge in [-0.2, -0.15) is 0 Å². The lowest BCUT2D eigenvalue weighted by Gasteiger charge is -2.44. The Labute approximate surface area is 176 Å². The molecule has 3 heterocycles. The van der Waals surface area contributed by atoms with Crippen LogP contribution >= 0.6 is 11.8 Å². The summed E-state index contributed by atoms with van der Waals surface area (Å²) in [6, 6.07) is 2.84. The number of aliphatic imine (C=N–C) groups is 1. The lowest BCUT2D eigenvalue weighted by atomic mass is 9.76. The van der Waals surface area contributed by atoms with Gasteiger partial charge in [0.2, 0.25) is 0 Å². The Kier molecular flexibility index (Phi) is 5.00. The van der Waals surface area contributed by atoms with Crippen LogP contribution in [0.5, 0.6) is 11.5 Å². The number of amidine groups is 1. The van der Waals surface area contributed by atoms with Crippen LogP contribution < -0.4 is 20.5 Å². The number of hydrogen-bond donors (Lipinski definition) is 2. The molecule has 3 aliphatic rings. The Morgan fingerprint density at radius 1 is 1.37 bits per heavy atom. The van der Waals surface area contributed by atoms with Gasteiger partial charge in [-0.05, 0) is 33.3 Å². The van der Waals surface area contributed by atoms with E-state index < -0.39 is 23.5 Å². The number of hydrogen-bond acceptors (Lipinski definition) is 8. The zero-order chi connectivity index (χ0) is 21.7. The van der Waals surface area contributed by atoms with E-state index >= 15 is 0 Å². The molecule has 3 aliphatic heterocycles. The van der Waals surface area contributed by atoms with Crippen molar-refractivity contribution in [3.8, 4) is 11.5 Å². The molecule has 164 valence electrons. The molecule has 0 aromatic heterocycles. The highest BCUT2D eigenvalue weighted by molar-refractivity contribution is 8.13. The first kappa shape index (κ1) is 21.0. The van der Waals surface area contributed by atoms with Gasteiger partial charge in [0.1, 0.15) is 11.1 Å². The fourth-order valence-electron chi connectivity index (χ4n) is 3.75. The molecule has 30 heavy (non-hydrogen) atoms. The Balaban J connectivity index is 1.75. The van der Waals surface area contributed by atoms with Crippen molar-refractivity contribution in [1.29, 1.82) is 0 Å². The van der Waals surface area contributed by atoms with Crippen molar-refractivity contribution < 1.29 is 32.5 Å². The van der Waals surface area contributed by atoms with Gasteiger partial charge in [0, 0.05) is 35.6 Å². The highest BCUT2D eigenvalue weighted by Crippen LogP contribution is 2.54. The predicted octanol–water partition coefficient (Wildman–Crippen LogP) is 3.45. The molecule has 0 aliphatic carbocycles. The zero-order valence-corrected chi connectivity index (χ0v) is 17.6. The highest BCUT2D eigenvalue weighted by atomic mass is 32.2.